The van der Waals surface area contributed by atoms with Crippen molar-refractivity contribution in [1.82, 2.24) is 10.4 Å². The SMILES string of the molecule is CCOC(=O)NN(C)C(N)=O. The fraction of sp³-hybridized carbons (Fsp3) is 0.600. The predicted octanol–water partition coefficient (Wildman–Crippen LogP) is -0.342. The van der Waals surface area contributed by atoms with Crippen molar-refractivity contribution in [2.45, 2.75) is 6.92 Å². The summed E-state index contributed by atoms with van der Waals surface area (Å²) in [6.45, 7) is 1.91. The fourth-order valence-corrected chi connectivity index (χ4v) is 0.355. The van der Waals surface area contributed by atoms with Gasteiger partial charge in [0, 0.05) is 7.05 Å². The minimum atomic E-state index is -0.752. The highest BCUT2D eigenvalue weighted by atomic mass is 16.6. The lowest BCUT2D eigenvalue weighted by atomic mass is 10.9. The standard InChI is InChI=1S/C5H11N3O3/c1-3-11-5(10)7-8(2)4(6)9/h3H2,1-2H3,(H2,6,9)(H,7,10). The summed E-state index contributed by atoms with van der Waals surface area (Å²) in [6.07, 6.45) is -0.700. The Balaban J connectivity index is 3.66. The Hall–Kier alpha value is -1.46. The van der Waals surface area contributed by atoms with Gasteiger partial charge >= 0.3 is 12.1 Å². The van der Waals surface area contributed by atoms with E-state index in [2.05, 4.69) is 10.2 Å². The molecule has 0 unspecified atom stereocenters. The van der Waals surface area contributed by atoms with E-state index in [-0.39, 0.29) is 6.61 Å². The largest absolute Gasteiger partial charge is 0.449 e. The molecule has 0 aromatic carbocycles. The third-order valence-corrected chi connectivity index (χ3v) is 0.865. The normalized spacial score (nSPS) is 8.55. The average Bonchev–Trinajstić information content (AvgIpc) is 1.87. The number of hydrazine groups is 1. The topological polar surface area (TPSA) is 84.7 Å². The molecule has 0 aromatic rings. The Morgan fingerprint density at radius 1 is 1.64 bits per heavy atom. The Morgan fingerprint density at radius 3 is 2.55 bits per heavy atom. The van der Waals surface area contributed by atoms with Crippen molar-refractivity contribution in [3.8, 4) is 0 Å². The van der Waals surface area contributed by atoms with E-state index in [1.165, 1.54) is 7.05 Å². The second-order valence-electron chi connectivity index (χ2n) is 1.73. The lowest BCUT2D eigenvalue weighted by Crippen LogP contribution is -2.46. The fourth-order valence-electron chi connectivity index (χ4n) is 0.355. The van der Waals surface area contributed by atoms with Crippen LogP contribution in [0.4, 0.5) is 9.59 Å². The number of primary amides is 1. The summed E-state index contributed by atoms with van der Waals surface area (Å²) in [5.41, 5.74) is 6.88. The summed E-state index contributed by atoms with van der Waals surface area (Å²) in [7, 11) is 1.32. The van der Waals surface area contributed by atoms with Gasteiger partial charge in [-0.15, -0.1) is 0 Å². The second-order valence-corrected chi connectivity index (χ2v) is 1.73. The van der Waals surface area contributed by atoms with Crippen LogP contribution in [0.25, 0.3) is 0 Å². The monoisotopic (exact) mass is 161 g/mol. The number of nitrogens with zero attached hydrogens (tertiary/aromatic N) is 1. The molecule has 6 nitrogen and oxygen atoms in total. The van der Waals surface area contributed by atoms with Crippen molar-refractivity contribution < 1.29 is 14.3 Å². The van der Waals surface area contributed by atoms with E-state index in [1.54, 1.807) is 6.92 Å². The molecule has 6 heteroatoms. The maximum absolute atomic E-state index is 10.6. The molecule has 0 saturated heterocycles. The third kappa shape index (κ3) is 4.01. The molecule has 3 amide bonds. The van der Waals surface area contributed by atoms with Crippen LogP contribution in [0.1, 0.15) is 6.92 Å². The number of ether oxygens (including phenoxy) is 1. The highest BCUT2D eigenvalue weighted by Gasteiger charge is 2.06. The highest BCUT2D eigenvalue weighted by molar-refractivity contribution is 5.76. The number of urea groups is 1. The number of nitrogens with two attached hydrogens (primary N) is 1. The van der Waals surface area contributed by atoms with Crippen LogP contribution in [0.5, 0.6) is 0 Å². The summed E-state index contributed by atoms with van der Waals surface area (Å²) in [6, 6.07) is -0.752. The van der Waals surface area contributed by atoms with E-state index >= 15 is 0 Å². The van der Waals surface area contributed by atoms with E-state index in [1.807, 2.05) is 0 Å². The van der Waals surface area contributed by atoms with Gasteiger partial charge in [-0.25, -0.2) is 20.0 Å². The third-order valence-electron chi connectivity index (χ3n) is 0.865. The summed E-state index contributed by atoms with van der Waals surface area (Å²) in [5, 5.41) is 0.831. The van der Waals surface area contributed by atoms with E-state index in [9.17, 15) is 9.59 Å². The van der Waals surface area contributed by atoms with E-state index in [4.69, 9.17) is 5.73 Å². The molecule has 0 bridgehead atoms. The smallest absolute Gasteiger partial charge is 0.426 e. The number of hydrogen-bond donors (Lipinski definition) is 2. The molecule has 0 aliphatic carbocycles. The first kappa shape index (κ1) is 9.54. The molecule has 0 fully saturated rings. The molecule has 0 aliphatic rings. The first-order valence-corrected chi connectivity index (χ1v) is 3.04. The van der Waals surface area contributed by atoms with Gasteiger partial charge in [0.25, 0.3) is 0 Å². The number of amides is 3. The van der Waals surface area contributed by atoms with Gasteiger partial charge in [-0.1, -0.05) is 0 Å². The molecule has 0 rings (SSSR count). The molecule has 0 aliphatic heterocycles. The lowest BCUT2D eigenvalue weighted by molar-refractivity contribution is 0.125. The number of rotatable bonds is 1. The number of carbonyl (C=O) groups is 2. The Morgan fingerprint density at radius 2 is 2.18 bits per heavy atom. The molecule has 0 spiro atoms. The van der Waals surface area contributed by atoms with Crippen LogP contribution < -0.4 is 11.2 Å². The highest BCUT2D eigenvalue weighted by Crippen LogP contribution is 1.79. The van der Waals surface area contributed by atoms with Gasteiger partial charge < -0.3 is 10.5 Å². The van der Waals surface area contributed by atoms with Crippen molar-refractivity contribution in [3.05, 3.63) is 0 Å². The molecule has 0 heterocycles. The zero-order valence-corrected chi connectivity index (χ0v) is 6.46. The Kier molecular flexibility index (Phi) is 3.79. The first-order valence-electron chi connectivity index (χ1n) is 3.04. The van der Waals surface area contributed by atoms with Crippen LogP contribution in [0.3, 0.4) is 0 Å². The zero-order chi connectivity index (χ0) is 8.85. The zero-order valence-electron chi connectivity index (χ0n) is 6.46. The van der Waals surface area contributed by atoms with Crippen molar-refractivity contribution in [2.75, 3.05) is 13.7 Å². The summed E-state index contributed by atoms with van der Waals surface area (Å²) in [4.78, 5) is 20.9. The summed E-state index contributed by atoms with van der Waals surface area (Å²) < 4.78 is 4.46. The molecule has 11 heavy (non-hydrogen) atoms. The quantitative estimate of drug-likeness (QED) is 0.516. The van der Waals surface area contributed by atoms with Gasteiger partial charge in [-0.3, -0.25) is 0 Å². The van der Waals surface area contributed by atoms with Crippen molar-refractivity contribution in [3.63, 3.8) is 0 Å². The number of hydrogen-bond acceptors (Lipinski definition) is 3. The van der Waals surface area contributed by atoms with Gasteiger partial charge in [0.15, 0.2) is 0 Å². The van der Waals surface area contributed by atoms with Crippen molar-refractivity contribution in [1.29, 1.82) is 0 Å². The predicted molar refractivity (Wildman–Crippen MR) is 37.5 cm³/mol. The lowest BCUT2D eigenvalue weighted by Gasteiger charge is -2.14. The molecule has 0 atom stereocenters. The minimum Gasteiger partial charge on any atom is -0.449 e. The van der Waals surface area contributed by atoms with Gasteiger partial charge in [0.1, 0.15) is 0 Å². The maximum atomic E-state index is 10.6. The summed E-state index contributed by atoms with van der Waals surface area (Å²) >= 11 is 0. The van der Waals surface area contributed by atoms with Crippen LogP contribution in [0.2, 0.25) is 0 Å². The van der Waals surface area contributed by atoms with Crippen LogP contribution in [0, 0.1) is 0 Å². The molecular formula is C5H11N3O3. The van der Waals surface area contributed by atoms with E-state index < -0.39 is 12.1 Å². The molecule has 0 radical (unpaired) electrons. The second kappa shape index (κ2) is 4.37. The van der Waals surface area contributed by atoms with Gasteiger partial charge in [0.2, 0.25) is 0 Å². The minimum absolute atomic E-state index is 0.248. The van der Waals surface area contributed by atoms with E-state index in [0.29, 0.717) is 0 Å². The van der Waals surface area contributed by atoms with Gasteiger partial charge in [0.05, 0.1) is 6.61 Å². The van der Waals surface area contributed by atoms with E-state index in [0.717, 1.165) is 5.01 Å². The Labute approximate surface area is 64.3 Å². The average molecular weight is 161 g/mol. The summed E-state index contributed by atoms with van der Waals surface area (Å²) in [5.74, 6) is 0. The van der Waals surface area contributed by atoms with Crippen LogP contribution >= 0.6 is 0 Å². The molecule has 0 aromatic heterocycles. The molecule has 3 N–H and O–H groups in total. The van der Waals surface area contributed by atoms with Crippen molar-refractivity contribution >= 4 is 12.1 Å². The number of nitrogens with one attached hydrogen (secondary N) is 1. The van der Waals surface area contributed by atoms with Crippen LogP contribution in [-0.4, -0.2) is 30.8 Å². The van der Waals surface area contributed by atoms with Crippen LogP contribution in [-0.2, 0) is 4.74 Å². The Bertz CT molecular complexity index is 159. The van der Waals surface area contributed by atoms with Crippen LogP contribution in [0.15, 0.2) is 0 Å². The maximum Gasteiger partial charge on any atom is 0.426 e. The number of carbonyl (C=O) groups excluding carboxylic acids is 2. The van der Waals surface area contributed by atoms with Gasteiger partial charge in [-0.05, 0) is 6.92 Å². The van der Waals surface area contributed by atoms with Crippen molar-refractivity contribution in [2.24, 2.45) is 5.73 Å². The molecular weight excluding hydrogens is 150 g/mol. The first-order chi connectivity index (χ1) is 5.07. The molecule has 64 valence electrons. The molecule has 0 saturated carbocycles. The van der Waals surface area contributed by atoms with Gasteiger partial charge in [-0.2, -0.15) is 0 Å².